The number of likely N-dealkylation sites (tertiary alicyclic amines) is 1. The van der Waals surface area contributed by atoms with Crippen LogP contribution in [-0.4, -0.2) is 36.0 Å². The highest BCUT2D eigenvalue weighted by Gasteiger charge is 2.37. The molecule has 214 valence electrons. The van der Waals surface area contributed by atoms with Gasteiger partial charge in [-0.2, -0.15) is 26.3 Å². The molecule has 9 heteroatoms. The molecule has 2 aliphatic heterocycles. The number of aryl methyl sites for hydroxylation is 1. The predicted octanol–water partition coefficient (Wildman–Crippen LogP) is 7.89. The van der Waals surface area contributed by atoms with E-state index in [1.807, 2.05) is 24.3 Å². The van der Waals surface area contributed by atoms with E-state index in [0.717, 1.165) is 56.7 Å². The van der Waals surface area contributed by atoms with Gasteiger partial charge in [-0.3, -0.25) is 9.80 Å². The van der Waals surface area contributed by atoms with Crippen LogP contribution in [0.25, 0.3) is 0 Å². The summed E-state index contributed by atoms with van der Waals surface area (Å²) in [7, 11) is 1.57. The molecule has 0 saturated carbocycles. The van der Waals surface area contributed by atoms with Crippen LogP contribution in [0.15, 0.2) is 66.7 Å². The predicted molar refractivity (Wildman–Crippen MR) is 141 cm³/mol. The van der Waals surface area contributed by atoms with Gasteiger partial charge in [0.2, 0.25) is 0 Å². The Kier molecular flexibility index (Phi) is 8.15. The van der Waals surface area contributed by atoms with Crippen molar-refractivity contribution < 1.29 is 31.1 Å². The number of hydrogen-bond donors (Lipinski definition) is 0. The van der Waals surface area contributed by atoms with E-state index in [4.69, 9.17) is 4.74 Å². The van der Waals surface area contributed by atoms with Crippen molar-refractivity contribution in [1.82, 2.24) is 9.80 Å². The lowest BCUT2D eigenvalue weighted by molar-refractivity contribution is -0.143. The van der Waals surface area contributed by atoms with Gasteiger partial charge in [0.15, 0.2) is 0 Å². The van der Waals surface area contributed by atoms with Gasteiger partial charge in [-0.15, -0.1) is 0 Å². The number of hydrogen-bond acceptors (Lipinski definition) is 3. The van der Waals surface area contributed by atoms with Crippen LogP contribution in [0.1, 0.15) is 58.7 Å². The summed E-state index contributed by atoms with van der Waals surface area (Å²) in [6.07, 6.45) is -7.44. The Hall–Kier alpha value is -3.04. The van der Waals surface area contributed by atoms with Gasteiger partial charge in [-0.1, -0.05) is 42.5 Å². The fraction of sp³-hybridized carbons (Fsp3) is 0.419. The average molecular weight is 563 g/mol. The Morgan fingerprint density at radius 1 is 0.800 bits per heavy atom. The molecule has 3 aromatic rings. The molecule has 0 bridgehead atoms. The molecule has 40 heavy (non-hydrogen) atoms. The summed E-state index contributed by atoms with van der Waals surface area (Å²) in [6.45, 7) is 3.40. The molecule has 3 aromatic carbocycles. The SMILES string of the molecule is COc1ccccc1C(CCc1cc(C(F)(F)F)cc(C(F)(F)F)c1)N1CCC(N2Cc3ccccc3C2)CC1. The van der Waals surface area contributed by atoms with E-state index in [1.165, 1.54) is 11.1 Å². The van der Waals surface area contributed by atoms with Gasteiger partial charge < -0.3 is 4.74 Å². The summed E-state index contributed by atoms with van der Waals surface area (Å²) in [4.78, 5) is 4.80. The van der Waals surface area contributed by atoms with Crippen LogP contribution in [-0.2, 0) is 31.9 Å². The standard InChI is InChI=1S/C31H32F6N2O/c1-40-29-9-5-4-8-27(29)28(11-10-21-16-24(30(32,33)34)18-25(17-21)31(35,36)37)38-14-12-26(13-15-38)39-19-22-6-2-3-7-23(22)20-39/h2-9,16-18,26,28H,10-15,19-20H2,1H3. The third-order valence-electron chi connectivity index (χ3n) is 8.17. The molecular weight excluding hydrogens is 530 g/mol. The summed E-state index contributed by atoms with van der Waals surface area (Å²) in [5.74, 6) is 0.657. The zero-order valence-corrected chi connectivity index (χ0v) is 22.2. The maximum atomic E-state index is 13.4. The fourth-order valence-corrected chi connectivity index (χ4v) is 6.12. The molecule has 0 aromatic heterocycles. The first-order chi connectivity index (χ1) is 19.0. The summed E-state index contributed by atoms with van der Waals surface area (Å²) in [6, 6.07) is 18.0. The minimum atomic E-state index is -4.87. The van der Waals surface area contributed by atoms with Crippen molar-refractivity contribution in [2.75, 3.05) is 20.2 Å². The second kappa shape index (κ2) is 11.4. The van der Waals surface area contributed by atoms with Crippen molar-refractivity contribution in [3.8, 4) is 5.75 Å². The smallest absolute Gasteiger partial charge is 0.416 e. The van der Waals surface area contributed by atoms with Crippen molar-refractivity contribution in [3.05, 3.63) is 100 Å². The van der Waals surface area contributed by atoms with E-state index >= 15 is 0 Å². The largest absolute Gasteiger partial charge is 0.496 e. The van der Waals surface area contributed by atoms with Crippen LogP contribution >= 0.6 is 0 Å². The number of fused-ring (bicyclic) bond motifs is 1. The number of halogens is 6. The van der Waals surface area contributed by atoms with E-state index in [0.29, 0.717) is 18.2 Å². The molecule has 2 aliphatic rings. The molecule has 1 atom stereocenters. The molecule has 1 unspecified atom stereocenters. The first kappa shape index (κ1) is 28.5. The summed E-state index contributed by atoms with van der Waals surface area (Å²) in [5, 5.41) is 0. The summed E-state index contributed by atoms with van der Waals surface area (Å²) < 4.78 is 86.3. The Labute approximate surface area is 230 Å². The molecule has 5 rings (SSSR count). The van der Waals surface area contributed by atoms with Gasteiger partial charge in [0.05, 0.1) is 18.2 Å². The molecular formula is C31H32F6N2O. The van der Waals surface area contributed by atoms with Crippen molar-refractivity contribution in [1.29, 1.82) is 0 Å². The molecule has 3 nitrogen and oxygen atoms in total. The number of alkyl halides is 6. The Morgan fingerprint density at radius 3 is 1.90 bits per heavy atom. The highest BCUT2D eigenvalue weighted by atomic mass is 19.4. The van der Waals surface area contributed by atoms with Crippen LogP contribution in [0.5, 0.6) is 5.75 Å². The van der Waals surface area contributed by atoms with E-state index in [1.54, 1.807) is 7.11 Å². The van der Waals surface area contributed by atoms with Gasteiger partial charge in [-0.25, -0.2) is 0 Å². The van der Waals surface area contributed by atoms with E-state index in [9.17, 15) is 26.3 Å². The summed E-state index contributed by atoms with van der Waals surface area (Å²) in [5.41, 5.74) is 1.07. The van der Waals surface area contributed by atoms with Crippen molar-refractivity contribution >= 4 is 0 Å². The Morgan fingerprint density at radius 2 is 1.35 bits per heavy atom. The molecule has 0 radical (unpaired) electrons. The second-order valence-corrected chi connectivity index (χ2v) is 10.7. The van der Waals surface area contributed by atoms with Crippen LogP contribution in [0.2, 0.25) is 0 Å². The minimum absolute atomic E-state index is 0.0202. The van der Waals surface area contributed by atoms with Gasteiger partial charge in [-0.05, 0) is 66.6 Å². The number of nitrogens with zero attached hydrogens (tertiary/aromatic N) is 2. The number of para-hydroxylation sites is 1. The van der Waals surface area contributed by atoms with Gasteiger partial charge >= 0.3 is 12.4 Å². The number of piperidine rings is 1. The summed E-state index contributed by atoms with van der Waals surface area (Å²) >= 11 is 0. The molecule has 2 heterocycles. The van der Waals surface area contributed by atoms with Crippen LogP contribution in [0, 0.1) is 0 Å². The molecule has 1 fully saturated rings. The zero-order valence-electron chi connectivity index (χ0n) is 22.2. The van der Waals surface area contributed by atoms with Crippen molar-refractivity contribution in [2.24, 2.45) is 0 Å². The van der Waals surface area contributed by atoms with Crippen molar-refractivity contribution in [2.45, 2.75) is 63.2 Å². The monoisotopic (exact) mass is 562 g/mol. The highest BCUT2D eigenvalue weighted by molar-refractivity contribution is 5.37. The van der Waals surface area contributed by atoms with Crippen LogP contribution in [0.3, 0.4) is 0 Å². The van der Waals surface area contributed by atoms with E-state index in [-0.39, 0.29) is 24.1 Å². The number of rotatable bonds is 7. The molecule has 0 aliphatic carbocycles. The molecule has 1 saturated heterocycles. The first-order valence-corrected chi connectivity index (χ1v) is 13.5. The number of methoxy groups -OCH3 is 1. The highest BCUT2D eigenvalue weighted by Crippen LogP contribution is 2.39. The van der Waals surface area contributed by atoms with Crippen LogP contribution in [0.4, 0.5) is 26.3 Å². The third kappa shape index (κ3) is 6.31. The molecule has 0 amide bonds. The number of benzene rings is 3. The maximum absolute atomic E-state index is 13.4. The lowest BCUT2D eigenvalue weighted by atomic mass is 9.92. The quantitative estimate of drug-likeness (QED) is 0.273. The van der Waals surface area contributed by atoms with Gasteiger partial charge in [0.1, 0.15) is 5.75 Å². The van der Waals surface area contributed by atoms with Crippen LogP contribution < -0.4 is 4.74 Å². The number of ether oxygens (including phenoxy) is 1. The fourth-order valence-electron chi connectivity index (χ4n) is 6.12. The Balaban J connectivity index is 1.35. The maximum Gasteiger partial charge on any atom is 0.416 e. The normalized spacial score (nSPS) is 18.1. The minimum Gasteiger partial charge on any atom is -0.496 e. The zero-order chi connectivity index (χ0) is 28.5. The lowest BCUT2D eigenvalue weighted by Gasteiger charge is -2.41. The van der Waals surface area contributed by atoms with Gasteiger partial charge in [0.25, 0.3) is 0 Å². The third-order valence-corrected chi connectivity index (χ3v) is 8.17. The molecule has 0 N–H and O–H groups in total. The molecule has 0 spiro atoms. The van der Waals surface area contributed by atoms with Gasteiger partial charge in [0, 0.05) is 43.8 Å². The second-order valence-electron chi connectivity index (χ2n) is 10.7. The van der Waals surface area contributed by atoms with E-state index < -0.39 is 23.5 Å². The first-order valence-electron chi connectivity index (χ1n) is 13.5. The van der Waals surface area contributed by atoms with Crippen molar-refractivity contribution in [3.63, 3.8) is 0 Å². The average Bonchev–Trinajstić information content (AvgIpc) is 3.37. The topological polar surface area (TPSA) is 15.7 Å². The Bertz CT molecular complexity index is 1260. The lowest BCUT2D eigenvalue weighted by Crippen LogP contribution is -2.44. The van der Waals surface area contributed by atoms with E-state index in [2.05, 4.69) is 34.1 Å².